The molecule has 2 amide bonds. The van der Waals surface area contributed by atoms with E-state index < -0.39 is 17.7 Å². The van der Waals surface area contributed by atoms with Crippen molar-refractivity contribution in [3.05, 3.63) is 22.4 Å². The molecule has 0 saturated carbocycles. The van der Waals surface area contributed by atoms with E-state index in [1.165, 1.54) is 4.88 Å². The summed E-state index contributed by atoms with van der Waals surface area (Å²) in [5.41, 5.74) is -0.568. The number of carbonyl (C=O) groups is 2. The first-order chi connectivity index (χ1) is 11.7. The number of hydrogen-bond acceptors (Lipinski definition) is 5. The number of ether oxygens (including phenoxy) is 1. The molecule has 6 nitrogen and oxygen atoms in total. The van der Waals surface area contributed by atoms with Crippen LogP contribution in [0.5, 0.6) is 0 Å². The minimum Gasteiger partial charge on any atom is -0.444 e. The summed E-state index contributed by atoms with van der Waals surface area (Å²) in [6, 6.07) is 3.66. The lowest BCUT2D eigenvalue weighted by molar-refractivity contribution is -0.134. The van der Waals surface area contributed by atoms with Crippen molar-refractivity contribution in [3.63, 3.8) is 0 Å². The highest BCUT2D eigenvalue weighted by Crippen LogP contribution is 2.12. The number of amides is 2. The molecule has 1 aromatic heterocycles. The maximum Gasteiger partial charge on any atom is 0.408 e. The molecule has 1 aromatic rings. The smallest absolute Gasteiger partial charge is 0.408 e. The zero-order chi connectivity index (χ0) is 18.4. The molecule has 2 heterocycles. The van der Waals surface area contributed by atoms with Crippen molar-refractivity contribution in [1.82, 2.24) is 15.1 Å². The summed E-state index contributed by atoms with van der Waals surface area (Å²) in [6.45, 7) is 11.3. The summed E-state index contributed by atoms with van der Waals surface area (Å²) in [5, 5.41) is 4.73. The van der Waals surface area contributed by atoms with Crippen LogP contribution in [-0.2, 0) is 16.0 Å². The molecular formula is C18H29N3O3S. The summed E-state index contributed by atoms with van der Waals surface area (Å²) in [6.07, 6.45) is 0.505. The molecule has 25 heavy (non-hydrogen) atoms. The van der Waals surface area contributed by atoms with E-state index in [-0.39, 0.29) is 5.91 Å². The molecule has 0 aliphatic carbocycles. The van der Waals surface area contributed by atoms with Crippen LogP contribution in [0.15, 0.2) is 17.5 Å². The predicted octanol–water partition coefficient (Wildman–Crippen LogP) is 2.35. The molecule has 7 heteroatoms. The fourth-order valence-electron chi connectivity index (χ4n) is 2.73. The van der Waals surface area contributed by atoms with E-state index >= 15 is 0 Å². The third-order valence-corrected chi connectivity index (χ3v) is 4.98. The molecule has 0 spiro atoms. The fraction of sp³-hybridized carbons (Fsp3) is 0.667. The summed E-state index contributed by atoms with van der Waals surface area (Å²) in [4.78, 5) is 29.9. The van der Waals surface area contributed by atoms with E-state index in [0.29, 0.717) is 13.1 Å². The summed E-state index contributed by atoms with van der Waals surface area (Å²) < 4.78 is 5.20. The first-order valence-corrected chi connectivity index (χ1v) is 9.65. The van der Waals surface area contributed by atoms with E-state index in [1.807, 2.05) is 4.90 Å². The predicted molar refractivity (Wildman–Crippen MR) is 99.9 cm³/mol. The van der Waals surface area contributed by atoms with E-state index in [2.05, 4.69) is 27.7 Å². The molecular weight excluding hydrogens is 338 g/mol. The van der Waals surface area contributed by atoms with Crippen molar-refractivity contribution in [3.8, 4) is 0 Å². The first kappa shape index (κ1) is 19.7. The molecule has 0 aromatic carbocycles. The van der Waals surface area contributed by atoms with Crippen molar-refractivity contribution in [2.75, 3.05) is 32.7 Å². The van der Waals surface area contributed by atoms with Crippen LogP contribution in [0, 0.1) is 0 Å². The van der Waals surface area contributed by atoms with Crippen molar-refractivity contribution in [1.29, 1.82) is 0 Å². The molecule has 0 radical (unpaired) electrons. The van der Waals surface area contributed by atoms with Crippen LogP contribution >= 0.6 is 11.3 Å². The second kappa shape index (κ2) is 8.67. The van der Waals surface area contributed by atoms with Crippen molar-refractivity contribution >= 4 is 23.3 Å². The van der Waals surface area contributed by atoms with Crippen LogP contribution in [0.1, 0.15) is 32.6 Å². The molecule has 2 rings (SSSR count). The minimum atomic E-state index is -0.576. The maximum absolute atomic E-state index is 12.5. The third-order valence-electron chi connectivity index (χ3n) is 4.04. The molecule has 140 valence electrons. The zero-order valence-electron chi connectivity index (χ0n) is 15.6. The lowest BCUT2D eigenvalue weighted by Crippen LogP contribution is -2.54. The monoisotopic (exact) mass is 367 g/mol. The summed E-state index contributed by atoms with van der Waals surface area (Å²) in [7, 11) is 0. The standard InChI is InChI=1S/C18H29N3O3S/c1-14(19-17(23)24-18(2,3)4)16(22)21-11-9-20(10-12-21)8-7-15-6-5-13-25-15/h5-6,13-14H,7-12H2,1-4H3,(H,19,23)/t14-/m1/s1. The number of piperazine rings is 1. The number of rotatable bonds is 5. The third kappa shape index (κ3) is 6.66. The van der Waals surface area contributed by atoms with Crippen LogP contribution in [0.4, 0.5) is 4.79 Å². The minimum absolute atomic E-state index is 0.0521. The Morgan fingerprint density at radius 2 is 1.96 bits per heavy atom. The summed E-state index contributed by atoms with van der Waals surface area (Å²) >= 11 is 1.79. The quantitative estimate of drug-likeness (QED) is 0.868. The Bertz CT molecular complexity index is 561. The van der Waals surface area contributed by atoms with E-state index in [0.717, 1.165) is 26.1 Å². The molecule has 1 fully saturated rings. The number of nitrogens with zero attached hydrogens (tertiary/aromatic N) is 2. The Labute approximate surface area is 154 Å². The second-order valence-corrected chi connectivity index (χ2v) is 8.40. The van der Waals surface area contributed by atoms with Crippen molar-refractivity contribution in [2.45, 2.75) is 45.8 Å². The number of hydrogen-bond donors (Lipinski definition) is 1. The zero-order valence-corrected chi connectivity index (χ0v) is 16.4. The maximum atomic E-state index is 12.5. The van der Waals surface area contributed by atoms with Gasteiger partial charge in [-0.2, -0.15) is 0 Å². The van der Waals surface area contributed by atoms with Gasteiger partial charge in [0.25, 0.3) is 0 Å². The van der Waals surface area contributed by atoms with Gasteiger partial charge in [0.1, 0.15) is 11.6 Å². The molecule has 1 aliphatic heterocycles. The highest BCUT2D eigenvalue weighted by atomic mass is 32.1. The fourth-order valence-corrected chi connectivity index (χ4v) is 3.43. The van der Waals surface area contributed by atoms with E-state index in [9.17, 15) is 9.59 Å². The molecule has 1 N–H and O–H groups in total. The number of carbonyl (C=O) groups excluding carboxylic acids is 2. The Balaban J connectivity index is 1.71. The van der Waals surface area contributed by atoms with Crippen LogP contribution in [0.25, 0.3) is 0 Å². The molecule has 1 aliphatic rings. The number of alkyl carbamates (subject to hydrolysis) is 1. The molecule has 1 saturated heterocycles. The van der Waals surface area contributed by atoms with Gasteiger partial charge < -0.3 is 15.0 Å². The van der Waals surface area contributed by atoms with Crippen LogP contribution < -0.4 is 5.32 Å². The Hall–Kier alpha value is -1.60. The lowest BCUT2D eigenvalue weighted by Gasteiger charge is -2.36. The van der Waals surface area contributed by atoms with Gasteiger partial charge in [0.2, 0.25) is 5.91 Å². The number of thiophene rings is 1. The van der Waals surface area contributed by atoms with Crippen LogP contribution in [-0.4, -0.2) is 66.2 Å². The van der Waals surface area contributed by atoms with Gasteiger partial charge in [0, 0.05) is 37.6 Å². The van der Waals surface area contributed by atoms with Crippen LogP contribution in [0.2, 0.25) is 0 Å². The van der Waals surface area contributed by atoms with Gasteiger partial charge in [0.05, 0.1) is 0 Å². The largest absolute Gasteiger partial charge is 0.444 e. The van der Waals surface area contributed by atoms with Gasteiger partial charge in [-0.1, -0.05) is 6.07 Å². The average molecular weight is 368 g/mol. The number of nitrogens with one attached hydrogen (secondary N) is 1. The van der Waals surface area contributed by atoms with Gasteiger partial charge in [-0.3, -0.25) is 9.69 Å². The Kier molecular flexibility index (Phi) is 6.84. The average Bonchev–Trinajstić information content (AvgIpc) is 3.04. The highest BCUT2D eigenvalue weighted by molar-refractivity contribution is 7.09. The van der Waals surface area contributed by atoms with Gasteiger partial charge in [-0.15, -0.1) is 11.3 Å². The second-order valence-electron chi connectivity index (χ2n) is 7.36. The van der Waals surface area contributed by atoms with E-state index in [1.54, 1.807) is 39.0 Å². The lowest BCUT2D eigenvalue weighted by atomic mass is 10.2. The van der Waals surface area contributed by atoms with Gasteiger partial charge >= 0.3 is 6.09 Å². The molecule has 0 bridgehead atoms. The topological polar surface area (TPSA) is 61.9 Å². The normalized spacial score (nSPS) is 17.2. The summed E-state index contributed by atoms with van der Waals surface area (Å²) in [5.74, 6) is -0.0521. The van der Waals surface area contributed by atoms with E-state index in [4.69, 9.17) is 4.74 Å². The van der Waals surface area contributed by atoms with Crippen molar-refractivity contribution in [2.24, 2.45) is 0 Å². The Morgan fingerprint density at radius 1 is 1.28 bits per heavy atom. The first-order valence-electron chi connectivity index (χ1n) is 8.77. The highest BCUT2D eigenvalue weighted by Gasteiger charge is 2.27. The molecule has 1 atom stereocenters. The SMILES string of the molecule is C[C@@H](NC(=O)OC(C)(C)C)C(=O)N1CCN(CCc2cccs2)CC1. The molecule has 0 unspecified atom stereocenters. The van der Waals surface area contributed by atoms with Gasteiger partial charge in [-0.05, 0) is 45.6 Å². The van der Waals surface area contributed by atoms with Gasteiger partial charge in [0.15, 0.2) is 0 Å². The van der Waals surface area contributed by atoms with Gasteiger partial charge in [-0.25, -0.2) is 4.79 Å². The van der Waals surface area contributed by atoms with Crippen molar-refractivity contribution < 1.29 is 14.3 Å². The van der Waals surface area contributed by atoms with Crippen LogP contribution in [0.3, 0.4) is 0 Å². The Morgan fingerprint density at radius 3 is 2.52 bits per heavy atom.